The van der Waals surface area contributed by atoms with Crippen LogP contribution in [-0.4, -0.2) is 93.3 Å². The summed E-state index contributed by atoms with van der Waals surface area (Å²) >= 11 is 9.34. The first-order chi connectivity index (χ1) is 22.3. The maximum atomic E-state index is 11.3. The second-order valence-corrected chi connectivity index (χ2v) is 12.5. The lowest BCUT2D eigenvalue weighted by atomic mass is 9.96. The molecule has 258 valence electrons. The Balaban J connectivity index is 0.000000287. The number of anilines is 2. The minimum Gasteiger partial charge on any atom is -0.478 e. The molecule has 5 rings (SSSR count). The molecule has 18 heteroatoms. The fourth-order valence-electron chi connectivity index (χ4n) is 4.59. The quantitative estimate of drug-likeness (QED) is 0.0953. The number of carbonyl (C=O) groups excluding carboxylic acids is 1. The lowest BCUT2D eigenvalue weighted by molar-refractivity contribution is -0.134. The lowest BCUT2D eigenvalue weighted by Crippen LogP contribution is -2.46. The number of hydrogen-bond donors (Lipinski definition) is 6. The smallest absolute Gasteiger partial charge is 0.328 e. The van der Waals surface area contributed by atoms with Crippen LogP contribution in [0, 0.1) is 0 Å². The Kier molecular flexibility index (Phi) is 15.9. The molecule has 1 amide bonds. The van der Waals surface area contributed by atoms with Crippen molar-refractivity contribution in [2.75, 3.05) is 50.9 Å². The topological polar surface area (TPSA) is 240 Å². The van der Waals surface area contributed by atoms with Gasteiger partial charge in [-0.05, 0) is 55.1 Å². The van der Waals surface area contributed by atoms with E-state index in [0.717, 1.165) is 19.5 Å². The number of carbonyl (C=O) groups is 3. The van der Waals surface area contributed by atoms with Crippen LogP contribution in [0.15, 0.2) is 74.3 Å². The van der Waals surface area contributed by atoms with Gasteiger partial charge in [0.2, 0.25) is 0 Å². The van der Waals surface area contributed by atoms with E-state index in [1.165, 1.54) is 38.9 Å². The molecule has 0 bridgehead atoms. The monoisotopic (exact) mass is 737 g/mol. The molecule has 2 aliphatic heterocycles. The lowest BCUT2D eigenvalue weighted by Gasteiger charge is -2.38. The van der Waals surface area contributed by atoms with Crippen LogP contribution < -0.4 is 22.9 Å². The average molecular weight is 739 g/mol. The van der Waals surface area contributed by atoms with Gasteiger partial charge in [-0.25, -0.2) is 19.6 Å². The van der Waals surface area contributed by atoms with Crippen molar-refractivity contribution in [1.82, 2.24) is 19.8 Å². The first-order valence-corrected chi connectivity index (χ1v) is 16.4. The van der Waals surface area contributed by atoms with E-state index in [2.05, 4.69) is 80.5 Å². The standard InChI is InChI=1S/C20H24N2S2.C6H8ClN7O.C4H4O4.ClH/c1-21-9-11-22(12-10-21)18-13-15-5-3-4-6-19(15)24-20-8-7-16(23-2)14-17(18)20;7-2-4(9)13-3(8)1(12-2)5(15)14-6(10)11;5-3(6)1-2-4(7)8;/h3-8,14,18H,9-13H2,1-2H3;(H4,8,9,13)(H4,10,11,14,15);1-2H,(H,5,6)(H,7,8);1H. The molecule has 3 heterocycles. The third-order valence-corrected chi connectivity index (χ3v) is 9.08. The van der Waals surface area contributed by atoms with E-state index in [1.807, 2.05) is 23.5 Å². The molecule has 1 unspecified atom stereocenters. The van der Waals surface area contributed by atoms with Crippen LogP contribution in [0.2, 0.25) is 5.15 Å². The predicted molar refractivity (Wildman–Crippen MR) is 192 cm³/mol. The maximum absolute atomic E-state index is 11.3. The molecule has 2 aromatic carbocycles. The van der Waals surface area contributed by atoms with Gasteiger partial charge in [0.25, 0.3) is 0 Å². The average Bonchev–Trinajstić information content (AvgIpc) is 3.19. The van der Waals surface area contributed by atoms with E-state index < -0.39 is 23.8 Å². The number of aliphatic carboxylic acids is 2. The van der Waals surface area contributed by atoms with E-state index in [4.69, 9.17) is 44.7 Å². The number of halogens is 2. The highest BCUT2D eigenvalue weighted by atomic mass is 35.5. The summed E-state index contributed by atoms with van der Waals surface area (Å²) in [5.74, 6) is -4.02. The summed E-state index contributed by atoms with van der Waals surface area (Å²) in [6, 6.07) is 16.5. The van der Waals surface area contributed by atoms with Crippen molar-refractivity contribution in [2.45, 2.75) is 27.1 Å². The summed E-state index contributed by atoms with van der Waals surface area (Å²) in [7, 11) is 2.23. The number of nitrogens with zero attached hydrogens (tertiary/aromatic N) is 5. The number of piperazine rings is 1. The van der Waals surface area contributed by atoms with Gasteiger partial charge in [-0.1, -0.05) is 41.6 Å². The summed E-state index contributed by atoms with van der Waals surface area (Å²) in [6.45, 7) is 4.67. The number of nitrogens with two attached hydrogens (primary N) is 4. The van der Waals surface area contributed by atoms with E-state index >= 15 is 0 Å². The molecular weight excluding hydrogens is 701 g/mol. The number of hydrogen-bond acceptors (Lipinski definition) is 11. The Morgan fingerprint density at radius 3 is 2.19 bits per heavy atom. The summed E-state index contributed by atoms with van der Waals surface area (Å²) in [6.07, 6.45) is 4.41. The fourth-order valence-corrected chi connectivity index (χ4v) is 6.28. The predicted octanol–water partition coefficient (Wildman–Crippen LogP) is 3.25. The number of guanidine groups is 1. The van der Waals surface area contributed by atoms with Crippen LogP contribution in [0.4, 0.5) is 11.6 Å². The molecule has 10 N–H and O–H groups in total. The molecule has 14 nitrogen and oxygen atoms in total. The number of nitrogen functional groups attached to an aromatic ring is 2. The van der Waals surface area contributed by atoms with Gasteiger partial charge in [-0.15, -0.1) is 24.2 Å². The Labute approximate surface area is 297 Å². The fraction of sp³-hybridized carbons (Fsp3) is 0.267. The Morgan fingerprint density at radius 1 is 0.979 bits per heavy atom. The van der Waals surface area contributed by atoms with Crippen LogP contribution >= 0.6 is 47.5 Å². The summed E-state index contributed by atoms with van der Waals surface area (Å²) in [5, 5.41) is 15.5. The normalized spacial score (nSPS) is 15.5. The van der Waals surface area contributed by atoms with Gasteiger partial charge < -0.3 is 38.0 Å². The molecule has 0 aliphatic carbocycles. The Bertz CT molecular complexity index is 1650. The van der Waals surface area contributed by atoms with Gasteiger partial charge in [0.05, 0.1) is 0 Å². The highest BCUT2D eigenvalue weighted by Gasteiger charge is 2.29. The Hall–Kier alpha value is -4.06. The largest absolute Gasteiger partial charge is 0.478 e. The van der Waals surface area contributed by atoms with Crippen molar-refractivity contribution in [1.29, 1.82) is 0 Å². The first kappa shape index (κ1) is 40.1. The second-order valence-electron chi connectivity index (χ2n) is 10.2. The molecule has 48 heavy (non-hydrogen) atoms. The Morgan fingerprint density at radius 2 is 1.60 bits per heavy atom. The highest BCUT2D eigenvalue weighted by molar-refractivity contribution is 7.99. The second kappa shape index (κ2) is 19.1. The van der Waals surface area contributed by atoms with E-state index in [1.54, 1.807) is 0 Å². The zero-order valence-corrected chi connectivity index (χ0v) is 29.3. The molecule has 1 aromatic heterocycles. The molecule has 1 saturated heterocycles. The van der Waals surface area contributed by atoms with Gasteiger partial charge in [-0.3, -0.25) is 9.69 Å². The molecule has 0 spiro atoms. The van der Waals surface area contributed by atoms with Crippen LogP contribution in [0.1, 0.15) is 27.7 Å². The summed E-state index contributed by atoms with van der Waals surface area (Å²) in [4.78, 5) is 50.2. The molecule has 2 aliphatic rings. The van der Waals surface area contributed by atoms with Gasteiger partial charge in [0.15, 0.2) is 28.4 Å². The van der Waals surface area contributed by atoms with Crippen molar-refractivity contribution in [3.63, 3.8) is 0 Å². The number of amides is 1. The minimum absolute atomic E-state index is 0. The SMILES string of the molecule is CSc1ccc2c(c1)C(N1CCN(C)CC1)Cc1ccccc1S2.Cl.NC(N)=NC(=O)c1nc(Cl)c(N)nc1N.O=C(O)C=CC(=O)O. The van der Waals surface area contributed by atoms with E-state index in [0.29, 0.717) is 18.2 Å². The van der Waals surface area contributed by atoms with Crippen molar-refractivity contribution in [3.8, 4) is 0 Å². The van der Waals surface area contributed by atoms with Crippen LogP contribution in [0.5, 0.6) is 0 Å². The number of fused-ring (bicyclic) bond motifs is 2. The van der Waals surface area contributed by atoms with Gasteiger partial charge in [-0.2, -0.15) is 4.99 Å². The maximum Gasteiger partial charge on any atom is 0.328 e. The number of rotatable bonds is 5. The van der Waals surface area contributed by atoms with Crippen LogP contribution in [0.3, 0.4) is 0 Å². The number of thioether (sulfide) groups is 1. The number of carboxylic acids is 2. The third kappa shape index (κ3) is 11.9. The van der Waals surface area contributed by atoms with Crippen molar-refractivity contribution in [2.24, 2.45) is 16.5 Å². The number of aromatic nitrogens is 2. The zero-order valence-electron chi connectivity index (χ0n) is 26.1. The molecule has 0 radical (unpaired) electrons. The molecule has 0 saturated carbocycles. The van der Waals surface area contributed by atoms with E-state index in [-0.39, 0.29) is 34.9 Å². The van der Waals surface area contributed by atoms with Crippen molar-refractivity contribution in [3.05, 3.63) is 76.6 Å². The number of carboxylic acid groups (broad SMARTS) is 2. The van der Waals surface area contributed by atoms with Crippen LogP contribution in [0.25, 0.3) is 0 Å². The van der Waals surface area contributed by atoms with Crippen LogP contribution in [-0.2, 0) is 16.0 Å². The summed E-state index contributed by atoms with van der Waals surface area (Å²) in [5.41, 5.74) is 23.5. The summed E-state index contributed by atoms with van der Waals surface area (Å²) < 4.78 is 0. The van der Waals surface area contributed by atoms with Gasteiger partial charge in [0, 0.05) is 59.1 Å². The van der Waals surface area contributed by atoms with Gasteiger partial charge in [0.1, 0.15) is 0 Å². The molecular formula is C30H37Cl2N9O5S2. The zero-order chi connectivity index (χ0) is 34.7. The number of likely N-dealkylation sites (N-methyl/N-ethyl adjacent to an activating group) is 1. The number of benzene rings is 2. The first-order valence-electron chi connectivity index (χ1n) is 14.0. The highest BCUT2D eigenvalue weighted by Crippen LogP contribution is 2.44. The van der Waals surface area contributed by atoms with E-state index in [9.17, 15) is 14.4 Å². The molecule has 1 atom stereocenters. The minimum atomic E-state index is -1.26. The van der Waals surface area contributed by atoms with Gasteiger partial charge >= 0.3 is 17.8 Å². The molecule has 3 aromatic rings. The van der Waals surface area contributed by atoms with Crippen molar-refractivity contribution < 1.29 is 24.6 Å². The third-order valence-electron chi connectivity index (χ3n) is 6.87. The number of aliphatic imine (C=N–C) groups is 1. The molecule has 1 fully saturated rings. The van der Waals surface area contributed by atoms with Crippen molar-refractivity contribution >= 4 is 83.0 Å².